The number of aliphatic carboxylic acids is 1. The molecule has 6 heteroatoms. The van der Waals surface area contributed by atoms with Crippen LogP contribution in [-0.2, 0) is 9.59 Å². The molecule has 0 fully saturated rings. The van der Waals surface area contributed by atoms with Crippen molar-refractivity contribution in [1.29, 1.82) is 0 Å². The Morgan fingerprint density at radius 1 is 0.963 bits per heavy atom. The Labute approximate surface area is 163 Å². The van der Waals surface area contributed by atoms with Gasteiger partial charge in [0.2, 0.25) is 0 Å². The number of rotatable bonds is 18. The maximum atomic E-state index is 11.8. The molecular weight excluding hydrogens is 346 g/mol. The van der Waals surface area contributed by atoms with Crippen LogP contribution in [0.4, 0.5) is 0 Å². The Kier molecular flexibility index (Phi) is 15.1. The fraction of sp³-hybridized carbons (Fsp3) is 0.810. The van der Waals surface area contributed by atoms with Gasteiger partial charge < -0.3 is 21.1 Å². The first kappa shape index (κ1) is 25.8. The molecule has 0 amide bonds. The molecule has 0 aliphatic rings. The summed E-state index contributed by atoms with van der Waals surface area (Å²) in [7, 11) is 0. The van der Waals surface area contributed by atoms with Crippen molar-refractivity contribution in [2.24, 2.45) is 5.73 Å². The third-order valence-electron chi connectivity index (χ3n) is 4.91. The SMILES string of the molecule is CCCCCCCC(=O)CCCCC/C=C/CCC(O)C(N)(CO)C(=O)O. The molecule has 2 atom stereocenters. The zero-order valence-corrected chi connectivity index (χ0v) is 16.9. The highest BCUT2D eigenvalue weighted by atomic mass is 16.4. The van der Waals surface area contributed by atoms with E-state index in [1.165, 1.54) is 19.3 Å². The summed E-state index contributed by atoms with van der Waals surface area (Å²) in [5.74, 6) is -1.03. The molecule has 0 aromatic carbocycles. The highest BCUT2D eigenvalue weighted by Crippen LogP contribution is 2.14. The Hall–Kier alpha value is -1.24. The predicted molar refractivity (Wildman–Crippen MR) is 107 cm³/mol. The van der Waals surface area contributed by atoms with E-state index in [0.29, 0.717) is 18.6 Å². The third-order valence-corrected chi connectivity index (χ3v) is 4.91. The van der Waals surface area contributed by atoms with Crippen molar-refractivity contribution in [2.75, 3.05) is 6.61 Å². The molecule has 0 aliphatic carbocycles. The number of carbonyl (C=O) groups excluding carboxylic acids is 1. The number of carbonyl (C=O) groups is 2. The molecule has 6 nitrogen and oxygen atoms in total. The van der Waals surface area contributed by atoms with Crippen LogP contribution in [-0.4, -0.2) is 45.3 Å². The van der Waals surface area contributed by atoms with E-state index in [9.17, 15) is 14.7 Å². The van der Waals surface area contributed by atoms with Gasteiger partial charge in [0, 0.05) is 12.8 Å². The Bertz CT molecular complexity index is 438. The van der Waals surface area contributed by atoms with Crippen LogP contribution in [0.15, 0.2) is 12.2 Å². The van der Waals surface area contributed by atoms with E-state index in [4.69, 9.17) is 15.9 Å². The van der Waals surface area contributed by atoms with Gasteiger partial charge in [-0.05, 0) is 38.5 Å². The standard InChI is InChI=1S/C21H39NO5/c1-2-3-4-8-11-14-18(24)15-12-9-6-5-7-10-13-16-19(25)21(22,17-23)20(26)27/h7,10,19,23,25H,2-6,8-9,11-17,22H2,1H3,(H,26,27)/b10-7+. The van der Waals surface area contributed by atoms with Gasteiger partial charge in [-0.3, -0.25) is 9.59 Å². The number of aliphatic hydroxyl groups excluding tert-OH is 2. The van der Waals surface area contributed by atoms with Gasteiger partial charge in [-0.2, -0.15) is 0 Å². The molecule has 0 rings (SSSR count). The van der Waals surface area contributed by atoms with Gasteiger partial charge in [0.05, 0.1) is 12.7 Å². The topological polar surface area (TPSA) is 121 Å². The van der Waals surface area contributed by atoms with Crippen LogP contribution in [0, 0.1) is 0 Å². The molecule has 0 radical (unpaired) electrons. The molecule has 0 heterocycles. The number of hydrogen-bond acceptors (Lipinski definition) is 5. The average Bonchev–Trinajstić information content (AvgIpc) is 2.65. The molecule has 2 unspecified atom stereocenters. The van der Waals surface area contributed by atoms with Crippen molar-refractivity contribution in [3.05, 3.63) is 12.2 Å². The molecule has 158 valence electrons. The summed E-state index contributed by atoms with van der Waals surface area (Å²) in [4.78, 5) is 22.8. The molecule has 0 bridgehead atoms. The number of ketones is 1. The smallest absolute Gasteiger partial charge is 0.328 e. The summed E-state index contributed by atoms with van der Waals surface area (Å²) < 4.78 is 0. The minimum Gasteiger partial charge on any atom is -0.480 e. The second kappa shape index (κ2) is 15.8. The lowest BCUT2D eigenvalue weighted by atomic mass is 9.91. The highest BCUT2D eigenvalue weighted by molar-refractivity contribution is 5.79. The van der Waals surface area contributed by atoms with Crippen molar-refractivity contribution in [3.8, 4) is 0 Å². The van der Waals surface area contributed by atoms with Crippen LogP contribution >= 0.6 is 0 Å². The zero-order valence-electron chi connectivity index (χ0n) is 16.9. The number of carboxylic acids is 1. The number of aliphatic hydroxyl groups is 2. The summed E-state index contributed by atoms with van der Waals surface area (Å²) in [6, 6.07) is 0. The van der Waals surface area contributed by atoms with E-state index in [-0.39, 0.29) is 6.42 Å². The average molecular weight is 386 g/mol. The number of nitrogens with two attached hydrogens (primary N) is 1. The van der Waals surface area contributed by atoms with Crippen molar-refractivity contribution in [2.45, 2.75) is 102 Å². The normalized spacial score (nSPS) is 15.0. The summed E-state index contributed by atoms with van der Waals surface area (Å²) in [6.07, 6.45) is 14.5. The molecule has 0 saturated carbocycles. The molecular formula is C21H39NO5. The van der Waals surface area contributed by atoms with Crippen LogP contribution in [0.3, 0.4) is 0 Å². The minimum absolute atomic E-state index is 0.187. The molecule has 0 aromatic rings. The predicted octanol–water partition coefficient (Wildman–Crippen LogP) is 3.34. The van der Waals surface area contributed by atoms with Gasteiger partial charge in [0.1, 0.15) is 5.78 Å². The highest BCUT2D eigenvalue weighted by Gasteiger charge is 2.40. The van der Waals surface area contributed by atoms with Crippen molar-refractivity contribution < 1.29 is 24.9 Å². The molecule has 27 heavy (non-hydrogen) atoms. The van der Waals surface area contributed by atoms with Crippen LogP contribution in [0.2, 0.25) is 0 Å². The first-order valence-corrected chi connectivity index (χ1v) is 10.4. The first-order valence-electron chi connectivity index (χ1n) is 10.4. The van der Waals surface area contributed by atoms with Crippen LogP contribution in [0.5, 0.6) is 0 Å². The van der Waals surface area contributed by atoms with Crippen LogP contribution in [0.25, 0.3) is 0 Å². The zero-order chi connectivity index (χ0) is 20.5. The number of allylic oxidation sites excluding steroid dienone is 2. The van der Waals surface area contributed by atoms with E-state index >= 15 is 0 Å². The molecule has 0 aliphatic heterocycles. The van der Waals surface area contributed by atoms with E-state index in [0.717, 1.165) is 44.9 Å². The van der Waals surface area contributed by atoms with Crippen LogP contribution < -0.4 is 5.73 Å². The quantitative estimate of drug-likeness (QED) is 0.212. The van der Waals surface area contributed by atoms with Gasteiger partial charge in [0.15, 0.2) is 5.54 Å². The van der Waals surface area contributed by atoms with E-state index in [1.54, 1.807) is 0 Å². The molecule has 0 spiro atoms. The van der Waals surface area contributed by atoms with Gasteiger partial charge >= 0.3 is 5.97 Å². The van der Waals surface area contributed by atoms with Gasteiger partial charge in [-0.1, -0.05) is 51.2 Å². The first-order chi connectivity index (χ1) is 12.9. The third kappa shape index (κ3) is 12.0. The summed E-state index contributed by atoms with van der Waals surface area (Å²) >= 11 is 0. The number of carboxylic acid groups (broad SMARTS) is 1. The molecule has 5 N–H and O–H groups in total. The second-order valence-corrected chi connectivity index (χ2v) is 7.37. The Balaban J connectivity index is 3.65. The number of Topliss-reactive ketones (excluding diaryl/α,β-unsaturated/α-hetero) is 1. The maximum Gasteiger partial charge on any atom is 0.328 e. The second-order valence-electron chi connectivity index (χ2n) is 7.37. The Morgan fingerprint density at radius 2 is 1.52 bits per heavy atom. The lowest BCUT2D eigenvalue weighted by Crippen LogP contribution is -2.60. The van der Waals surface area contributed by atoms with Crippen molar-refractivity contribution in [3.63, 3.8) is 0 Å². The van der Waals surface area contributed by atoms with Gasteiger partial charge in [0.25, 0.3) is 0 Å². The number of unbranched alkanes of at least 4 members (excludes halogenated alkanes) is 7. The lowest BCUT2D eigenvalue weighted by molar-refractivity contribution is -0.150. The van der Waals surface area contributed by atoms with Crippen LogP contribution in [0.1, 0.15) is 90.4 Å². The molecule has 0 aromatic heterocycles. The van der Waals surface area contributed by atoms with E-state index < -0.39 is 24.2 Å². The van der Waals surface area contributed by atoms with E-state index in [2.05, 4.69) is 6.92 Å². The maximum absolute atomic E-state index is 11.8. The summed E-state index contributed by atoms with van der Waals surface area (Å²) in [5.41, 5.74) is 3.50. The minimum atomic E-state index is -2.00. The van der Waals surface area contributed by atoms with E-state index in [1.807, 2.05) is 12.2 Å². The van der Waals surface area contributed by atoms with Crippen molar-refractivity contribution in [1.82, 2.24) is 0 Å². The fourth-order valence-electron chi connectivity index (χ4n) is 2.87. The van der Waals surface area contributed by atoms with Gasteiger partial charge in [-0.25, -0.2) is 0 Å². The van der Waals surface area contributed by atoms with Crippen molar-refractivity contribution >= 4 is 11.8 Å². The van der Waals surface area contributed by atoms with Gasteiger partial charge in [-0.15, -0.1) is 0 Å². The molecule has 0 saturated heterocycles. The summed E-state index contributed by atoms with van der Waals surface area (Å²) in [5, 5.41) is 27.9. The lowest BCUT2D eigenvalue weighted by Gasteiger charge is -2.27. The summed E-state index contributed by atoms with van der Waals surface area (Å²) in [6.45, 7) is 1.38. The largest absolute Gasteiger partial charge is 0.480 e. The monoisotopic (exact) mass is 385 g/mol. The number of hydrogen-bond donors (Lipinski definition) is 4. The Morgan fingerprint density at radius 3 is 2.07 bits per heavy atom. The fourth-order valence-corrected chi connectivity index (χ4v) is 2.87.